The van der Waals surface area contributed by atoms with Crippen LogP contribution in [0.25, 0.3) is 10.9 Å². The molecular formula is C21H22ClN3O2. The van der Waals surface area contributed by atoms with Crippen molar-refractivity contribution < 1.29 is 9.53 Å². The van der Waals surface area contributed by atoms with Gasteiger partial charge in [0.05, 0.1) is 19.7 Å². The normalized spacial score (nSPS) is 11.3. The number of rotatable bonds is 6. The van der Waals surface area contributed by atoms with E-state index >= 15 is 0 Å². The summed E-state index contributed by atoms with van der Waals surface area (Å²) in [6.07, 6.45) is 1.83. The zero-order chi connectivity index (χ0) is 19.4. The van der Waals surface area contributed by atoms with E-state index < -0.39 is 0 Å². The summed E-state index contributed by atoms with van der Waals surface area (Å²) in [6, 6.07) is 13.4. The lowest BCUT2D eigenvalue weighted by Gasteiger charge is -2.06. The number of carbonyl (C=O) groups excluding carboxylic acids is 1. The van der Waals surface area contributed by atoms with Gasteiger partial charge in [0, 0.05) is 33.7 Å². The Labute approximate surface area is 163 Å². The molecule has 1 heterocycles. The molecule has 0 spiro atoms. The van der Waals surface area contributed by atoms with Crippen LogP contribution in [-0.2, 0) is 17.8 Å². The molecule has 0 bridgehead atoms. The van der Waals surface area contributed by atoms with E-state index in [1.165, 1.54) is 0 Å². The number of amides is 1. The third-order valence-electron chi connectivity index (χ3n) is 4.58. The molecule has 3 aromatic rings. The SMILES string of the molecule is CCn1c(C)c(/C=N/NC(=O)Cc2cc(OC)ccc2Cl)c2ccccc21. The van der Waals surface area contributed by atoms with Crippen LogP contribution in [0.1, 0.15) is 23.7 Å². The van der Waals surface area contributed by atoms with Crippen molar-refractivity contribution >= 4 is 34.6 Å². The van der Waals surface area contributed by atoms with E-state index in [1.807, 2.05) is 12.1 Å². The number of hydrogen-bond acceptors (Lipinski definition) is 3. The number of hydrazone groups is 1. The molecule has 1 aromatic heterocycles. The molecular weight excluding hydrogens is 362 g/mol. The maximum Gasteiger partial charge on any atom is 0.244 e. The first kappa shape index (κ1) is 19.0. The van der Waals surface area contributed by atoms with Gasteiger partial charge in [0.15, 0.2) is 0 Å². The van der Waals surface area contributed by atoms with Crippen LogP contribution < -0.4 is 10.2 Å². The van der Waals surface area contributed by atoms with Gasteiger partial charge in [0.1, 0.15) is 5.75 Å². The standard InChI is InChI=1S/C21H22ClN3O2/c1-4-25-14(2)18(17-7-5-6-8-20(17)25)13-23-24-21(26)12-15-11-16(27-3)9-10-19(15)22/h5-11,13H,4,12H2,1-3H3,(H,24,26)/b23-13+. The summed E-state index contributed by atoms with van der Waals surface area (Å²) in [4.78, 5) is 12.2. The summed E-state index contributed by atoms with van der Waals surface area (Å²) in [7, 11) is 1.58. The smallest absolute Gasteiger partial charge is 0.244 e. The fourth-order valence-electron chi connectivity index (χ4n) is 3.22. The first-order chi connectivity index (χ1) is 13.0. The van der Waals surface area contributed by atoms with E-state index in [9.17, 15) is 4.79 Å². The summed E-state index contributed by atoms with van der Waals surface area (Å²) in [5.41, 5.74) is 6.57. The van der Waals surface area contributed by atoms with Crippen molar-refractivity contribution in [2.24, 2.45) is 5.10 Å². The number of carbonyl (C=O) groups is 1. The van der Waals surface area contributed by atoms with E-state index in [0.29, 0.717) is 16.3 Å². The average Bonchev–Trinajstić information content (AvgIpc) is 2.94. The number of nitrogens with one attached hydrogen (secondary N) is 1. The molecule has 3 rings (SSSR count). The molecule has 0 unspecified atom stereocenters. The number of hydrogen-bond donors (Lipinski definition) is 1. The number of aromatic nitrogens is 1. The van der Waals surface area contributed by atoms with Gasteiger partial charge in [-0.1, -0.05) is 29.8 Å². The predicted molar refractivity (Wildman–Crippen MR) is 110 cm³/mol. The topological polar surface area (TPSA) is 55.6 Å². The average molecular weight is 384 g/mol. The quantitative estimate of drug-likeness (QED) is 0.509. The van der Waals surface area contributed by atoms with Crippen LogP contribution in [0.15, 0.2) is 47.6 Å². The second kappa shape index (κ2) is 8.27. The molecule has 5 nitrogen and oxygen atoms in total. The van der Waals surface area contributed by atoms with Crippen molar-refractivity contribution in [1.82, 2.24) is 9.99 Å². The van der Waals surface area contributed by atoms with Crippen LogP contribution >= 0.6 is 11.6 Å². The minimum atomic E-state index is -0.238. The number of methoxy groups -OCH3 is 1. The van der Waals surface area contributed by atoms with Crippen molar-refractivity contribution in [3.05, 3.63) is 64.3 Å². The molecule has 0 aliphatic heterocycles. The zero-order valence-corrected chi connectivity index (χ0v) is 16.4. The van der Waals surface area contributed by atoms with Gasteiger partial charge < -0.3 is 9.30 Å². The van der Waals surface area contributed by atoms with Crippen molar-refractivity contribution in [2.75, 3.05) is 7.11 Å². The Morgan fingerprint density at radius 2 is 2.07 bits per heavy atom. The molecule has 0 fully saturated rings. The molecule has 1 N–H and O–H groups in total. The highest BCUT2D eigenvalue weighted by molar-refractivity contribution is 6.31. The number of para-hydroxylation sites is 1. The van der Waals surface area contributed by atoms with Crippen molar-refractivity contribution in [2.45, 2.75) is 26.8 Å². The lowest BCUT2D eigenvalue weighted by atomic mass is 10.1. The van der Waals surface area contributed by atoms with Gasteiger partial charge in [-0.2, -0.15) is 5.10 Å². The Morgan fingerprint density at radius 1 is 1.30 bits per heavy atom. The van der Waals surface area contributed by atoms with Crippen LogP contribution in [0.3, 0.4) is 0 Å². The summed E-state index contributed by atoms with van der Waals surface area (Å²) < 4.78 is 7.41. The van der Waals surface area contributed by atoms with Gasteiger partial charge in [-0.15, -0.1) is 0 Å². The molecule has 6 heteroatoms. The third-order valence-corrected chi connectivity index (χ3v) is 4.95. The molecule has 0 atom stereocenters. The van der Waals surface area contributed by atoms with E-state index in [1.54, 1.807) is 31.5 Å². The fraction of sp³-hybridized carbons (Fsp3) is 0.238. The van der Waals surface area contributed by atoms with E-state index in [-0.39, 0.29) is 12.3 Å². The van der Waals surface area contributed by atoms with Gasteiger partial charge >= 0.3 is 0 Å². The number of benzene rings is 2. The molecule has 1 amide bonds. The van der Waals surface area contributed by atoms with Crippen molar-refractivity contribution in [3.63, 3.8) is 0 Å². The number of ether oxygens (including phenoxy) is 1. The maximum atomic E-state index is 12.2. The Balaban J connectivity index is 1.76. The molecule has 2 aromatic carbocycles. The summed E-state index contributed by atoms with van der Waals surface area (Å²) in [5, 5.41) is 5.80. The Morgan fingerprint density at radius 3 is 2.81 bits per heavy atom. The van der Waals surface area contributed by atoms with Gasteiger partial charge in [0.2, 0.25) is 5.91 Å². The Kier molecular flexibility index (Phi) is 5.81. The van der Waals surface area contributed by atoms with E-state index in [0.717, 1.165) is 28.7 Å². The van der Waals surface area contributed by atoms with Gasteiger partial charge in [-0.3, -0.25) is 4.79 Å². The van der Waals surface area contributed by atoms with Gasteiger partial charge in [-0.25, -0.2) is 5.43 Å². The molecule has 140 valence electrons. The molecule has 0 radical (unpaired) electrons. The zero-order valence-electron chi connectivity index (χ0n) is 15.6. The van der Waals surface area contributed by atoms with Crippen molar-refractivity contribution in [3.8, 4) is 5.75 Å². The van der Waals surface area contributed by atoms with Crippen LogP contribution in [0.5, 0.6) is 5.75 Å². The van der Waals surface area contributed by atoms with Gasteiger partial charge in [0.25, 0.3) is 0 Å². The van der Waals surface area contributed by atoms with Crippen molar-refractivity contribution in [1.29, 1.82) is 0 Å². The monoisotopic (exact) mass is 383 g/mol. The molecule has 0 aliphatic rings. The Bertz CT molecular complexity index is 1010. The van der Waals surface area contributed by atoms with Crippen LogP contribution in [0, 0.1) is 6.92 Å². The van der Waals surface area contributed by atoms with Crippen LogP contribution in [0.2, 0.25) is 5.02 Å². The fourth-order valence-corrected chi connectivity index (χ4v) is 3.41. The van der Waals surface area contributed by atoms with Crippen LogP contribution in [0.4, 0.5) is 0 Å². The highest BCUT2D eigenvalue weighted by Crippen LogP contribution is 2.24. The van der Waals surface area contributed by atoms with Gasteiger partial charge in [-0.05, 0) is 43.7 Å². The van der Waals surface area contributed by atoms with E-state index in [4.69, 9.17) is 16.3 Å². The molecule has 0 saturated heterocycles. The number of halogens is 1. The highest BCUT2D eigenvalue weighted by atomic mass is 35.5. The molecule has 0 saturated carbocycles. The number of aryl methyl sites for hydroxylation is 1. The van der Waals surface area contributed by atoms with E-state index in [2.05, 4.69) is 41.1 Å². The highest BCUT2D eigenvalue weighted by Gasteiger charge is 2.11. The lowest BCUT2D eigenvalue weighted by Crippen LogP contribution is -2.20. The largest absolute Gasteiger partial charge is 0.497 e. The Hall–Kier alpha value is -2.79. The summed E-state index contributed by atoms with van der Waals surface area (Å²) in [6.45, 7) is 5.05. The third kappa shape index (κ3) is 3.98. The second-order valence-electron chi connectivity index (χ2n) is 6.19. The second-order valence-corrected chi connectivity index (χ2v) is 6.59. The number of fused-ring (bicyclic) bond motifs is 1. The first-order valence-electron chi connectivity index (χ1n) is 8.77. The minimum absolute atomic E-state index is 0.128. The predicted octanol–water partition coefficient (Wildman–Crippen LogP) is 4.32. The first-order valence-corrected chi connectivity index (χ1v) is 9.15. The lowest BCUT2D eigenvalue weighted by molar-refractivity contribution is -0.120. The number of nitrogens with zero attached hydrogens (tertiary/aromatic N) is 2. The minimum Gasteiger partial charge on any atom is -0.497 e. The maximum absolute atomic E-state index is 12.2. The summed E-state index contributed by atoms with van der Waals surface area (Å²) >= 11 is 6.16. The summed E-state index contributed by atoms with van der Waals surface area (Å²) in [5.74, 6) is 0.423. The molecule has 27 heavy (non-hydrogen) atoms. The molecule has 0 aliphatic carbocycles. The van der Waals surface area contributed by atoms with Crippen LogP contribution in [-0.4, -0.2) is 23.8 Å².